The second kappa shape index (κ2) is 8.86. The highest BCUT2D eigenvalue weighted by Gasteiger charge is 2.15. The zero-order valence-corrected chi connectivity index (χ0v) is 16.4. The van der Waals surface area contributed by atoms with Crippen molar-refractivity contribution in [2.45, 2.75) is 0 Å². The Morgan fingerprint density at radius 1 is 1.21 bits per heavy atom. The maximum absolute atomic E-state index is 11.3. The summed E-state index contributed by atoms with van der Waals surface area (Å²) in [4.78, 5) is 15.3. The third-order valence-corrected chi connectivity index (χ3v) is 4.89. The van der Waals surface area contributed by atoms with Crippen LogP contribution in [0.5, 0.6) is 11.5 Å². The SMILES string of the molecule is COc1ccc(-c2csc(/C(C#N)=C/Nc3ccc(OC)cc3[N+](=O)[O-])n2)cc1. The number of thiazole rings is 1. The largest absolute Gasteiger partial charge is 0.497 e. The maximum atomic E-state index is 11.3. The molecule has 0 saturated heterocycles. The number of nitro benzene ring substituents is 1. The minimum atomic E-state index is -0.518. The molecule has 0 radical (unpaired) electrons. The van der Waals surface area contributed by atoms with Gasteiger partial charge in [-0.15, -0.1) is 11.3 Å². The Labute approximate surface area is 170 Å². The van der Waals surface area contributed by atoms with Crippen LogP contribution in [0.2, 0.25) is 0 Å². The van der Waals surface area contributed by atoms with Crippen molar-refractivity contribution in [1.82, 2.24) is 4.98 Å². The summed E-state index contributed by atoms with van der Waals surface area (Å²) in [6.07, 6.45) is 1.41. The van der Waals surface area contributed by atoms with Crippen molar-refractivity contribution in [3.8, 4) is 28.8 Å². The highest BCUT2D eigenvalue weighted by molar-refractivity contribution is 7.11. The summed E-state index contributed by atoms with van der Waals surface area (Å²) in [5.74, 6) is 1.11. The predicted molar refractivity (Wildman–Crippen MR) is 111 cm³/mol. The molecule has 0 amide bonds. The van der Waals surface area contributed by atoms with Gasteiger partial charge in [0.1, 0.15) is 33.8 Å². The van der Waals surface area contributed by atoms with Gasteiger partial charge >= 0.3 is 0 Å². The Morgan fingerprint density at radius 3 is 2.52 bits per heavy atom. The molecular formula is C20H16N4O4S. The number of hydrogen-bond donors (Lipinski definition) is 1. The number of anilines is 1. The molecule has 0 atom stereocenters. The number of nitrogens with zero attached hydrogens (tertiary/aromatic N) is 3. The summed E-state index contributed by atoms with van der Waals surface area (Å²) < 4.78 is 10.2. The molecule has 1 aromatic heterocycles. The fourth-order valence-electron chi connectivity index (χ4n) is 2.50. The van der Waals surface area contributed by atoms with Crippen molar-refractivity contribution in [1.29, 1.82) is 5.26 Å². The molecule has 0 aliphatic heterocycles. The highest BCUT2D eigenvalue weighted by atomic mass is 32.1. The average Bonchev–Trinajstić information content (AvgIpc) is 3.24. The van der Waals surface area contributed by atoms with Crippen LogP contribution in [-0.2, 0) is 0 Å². The summed E-state index contributed by atoms with van der Waals surface area (Å²) in [7, 11) is 3.03. The van der Waals surface area contributed by atoms with Crippen LogP contribution in [0.25, 0.3) is 16.8 Å². The van der Waals surface area contributed by atoms with Crippen LogP contribution in [0.3, 0.4) is 0 Å². The van der Waals surface area contributed by atoms with Crippen LogP contribution in [0, 0.1) is 21.4 Å². The summed E-state index contributed by atoms with van der Waals surface area (Å²) in [6.45, 7) is 0. The molecule has 3 aromatic rings. The first-order valence-electron chi connectivity index (χ1n) is 8.35. The molecule has 0 bridgehead atoms. The summed E-state index contributed by atoms with van der Waals surface area (Å²) in [6, 6.07) is 13.9. The Balaban J connectivity index is 1.85. The Bertz CT molecular complexity index is 1100. The van der Waals surface area contributed by atoms with Crippen LogP contribution in [-0.4, -0.2) is 24.1 Å². The van der Waals surface area contributed by atoms with Gasteiger partial charge in [0.2, 0.25) is 0 Å². The fraction of sp³-hybridized carbons (Fsp3) is 0.100. The van der Waals surface area contributed by atoms with E-state index < -0.39 is 4.92 Å². The van der Waals surface area contributed by atoms with E-state index in [9.17, 15) is 15.4 Å². The standard InChI is InChI=1S/C20H16N4O4S/c1-27-15-5-3-13(4-6-15)18-12-29-20(23-18)14(10-21)11-22-17-8-7-16(28-2)9-19(17)24(25)26/h3-9,11-12,22H,1-2H3/b14-11+. The van der Waals surface area contributed by atoms with E-state index in [0.717, 1.165) is 17.0 Å². The number of allylic oxidation sites excluding steroid dienone is 1. The fourth-order valence-corrected chi connectivity index (χ4v) is 3.29. The van der Waals surface area contributed by atoms with Gasteiger partial charge in [-0.1, -0.05) is 0 Å². The third kappa shape index (κ3) is 4.51. The van der Waals surface area contributed by atoms with Gasteiger partial charge in [0.25, 0.3) is 5.69 Å². The number of hydrogen-bond acceptors (Lipinski definition) is 8. The second-order valence-electron chi connectivity index (χ2n) is 5.72. The lowest BCUT2D eigenvalue weighted by molar-refractivity contribution is -0.384. The van der Waals surface area contributed by atoms with Gasteiger partial charge in [0.05, 0.1) is 30.9 Å². The van der Waals surface area contributed by atoms with Crippen molar-refractivity contribution in [3.63, 3.8) is 0 Å². The van der Waals surface area contributed by atoms with Crippen LogP contribution in [0.4, 0.5) is 11.4 Å². The van der Waals surface area contributed by atoms with Gasteiger partial charge in [0, 0.05) is 17.1 Å². The normalized spacial score (nSPS) is 10.9. The number of nitrogens with one attached hydrogen (secondary N) is 1. The topological polar surface area (TPSA) is 110 Å². The van der Waals surface area contributed by atoms with Crippen molar-refractivity contribution >= 4 is 28.3 Å². The molecule has 1 N–H and O–H groups in total. The van der Waals surface area contributed by atoms with Crippen molar-refractivity contribution in [2.75, 3.05) is 19.5 Å². The number of rotatable bonds is 7. The van der Waals surface area contributed by atoms with Crippen LogP contribution in [0.1, 0.15) is 5.01 Å². The Kier molecular flexibility index (Phi) is 6.06. The van der Waals surface area contributed by atoms with Gasteiger partial charge < -0.3 is 14.8 Å². The highest BCUT2D eigenvalue weighted by Crippen LogP contribution is 2.31. The minimum absolute atomic E-state index is 0.157. The lowest BCUT2D eigenvalue weighted by atomic mass is 10.2. The smallest absolute Gasteiger partial charge is 0.296 e. The summed E-state index contributed by atoms with van der Waals surface area (Å²) in [5, 5.41) is 26.0. The van der Waals surface area contributed by atoms with Gasteiger partial charge in [0.15, 0.2) is 0 Å². The molecule has 29 heavy (non-hydrogen) atoms. The molecule has 3 rings (SSSR count). The van der Waals surface area contributed by atoms with Crippen LogP contribution >= 0.6 is 11.3 Å². The van der Waals surface area contributed by atoms with Crippen LogP contribution in [0.15, 0.2) is 54.0 Å². The van der Waals surface area contributed by atoms with E-state index in [2.05, 4.69) is 16.4 Å². The Hall–Kier alpha value is -3.90. The van der Waals surface area contributed by atoms with Crippen molar-refractivity contribution < 1.29 is 14.4 Å². The van der Waals surface area contributed by atoms with Gasteiger partial charge in [-0.2, -0.15) is 5.26 Å². The number of nitro groups is 1. The van der Waals surface area contributed by atoms with Gasteiger partial charge in [-0.05, 0) is 36.4 Å². The quantitative estimate of drug-likeness (QED) is 0.342. The number of aromatic nitrogens is 1. The number of ether oxygens (including phenoxy) is 2. The number of methoxy groups -OCH3 is 2. The lowest BCUT2D eigenvalue weighted by Gasteiger charge is -2.05. The van der Waals surface area contributed by atoms with E-state index in [1.54, 1.807) is 13.2 Å². The molecule has 9 heteroatoms. The molecule has 2 aromatic carbocycles. The van der Waals surface area contributed by atoms with E-state index >= 15 is 0 Å². The Morgan fingerprint density at radius 2 is 1.90 bits per heavy atom. The predicted octanol–water partition coefficient (Wildman–Crippen LogP) is 4.71. The summed E-state index contributed by atoms with van der Waals surface area (Å²) >= 11 is 1.31. The van der Waals surface area contributed by atoms with E-state index in [-0.39, 0.29) is 16.9 Å². The first kappa shape index (κ1) is 19.9. The van der Waals surface area contributed by atoms with E-state index in [0.29, 0.717) is 10.8 Å². The molecule has 0 aliphatic carbocycles. The molecule has 1 heterocycles. The monoisotopic (exact) mass is 408 g/mol. The lowest BCUT2D eigenvalue weighted by Crippen LogP contribution is -1.98. The minimum Gasteiger partial charge on any atom is -0.497 e. The molecule has 0 aliphatic rings. The van der Waals surface area contributed by atoms with Crippen molar-refractivity contribution in [2.24, 2.45) is 0 Å². The van der Waals surface area contributed by atoms with Gasteiger partial charge in [-0.3, -0.25) is 10.1 Å². The molecule has 146 valence electrons. The molecule has 8 nitrogen and oxygen atoms in total. The summed E-state index contributed by atoms with van der Waals surface area (Å²) in [5.41, 5.74) is 1.97. The van der Waals surface area contributed by atoms with E-state index in [1.165, 1.54) is 36.8 Å². The number of nitriles is 1. The number of benzene rings is 2. The van der Waals surface area contributed by atoms with E-state index in [4.69, 9.17) is 9.47 Å². The maximum Gasteiger partial charge on any atom is 0.296 e. The zero-order chi connectivity index (χ0) is 20.8. The molecule has 0 spiro atoms. The first-order valence-corrected chi connectivity index (χ1v) is 9.23. The molecule has 0 saturated carbocycles. The molecule has 0 unspecified atom stereocenters. The third-order valence-electron chi connectivity index (χ3n) is 4.01. The van der Waals surface area contributed by atoms with Gasteiger partial charge in [-0.25, -0.2) is 4.98 Å². The molecule has 0 fully saturated rings. The second-order valence-corrected chi connectivity index (χ2v) is 6.58. The first-order chi connectivity index (χ1) is 14.0. The molecular weight excluding hydrogens is 392 g/mol. The van der Waals surface area contributed by atoms with Crippen molar-refractivity contribution in [3.05, 3.63) is 69.2 Å². The van der Waals surface area contributed by atoms with Crippen LogP contribution < -0.4 is 14.8 Å². The van der Waals surface area contributed by atoms with E-state index in [1.807, 2.05) is 29.6 Å². The zero-order valence-electron chi connectivity index (χ0n) is 15.6. The average molecular weight is 408 g/mol.